The molecule has 0 saturated heterocycles. The van der Waals surface area contributed by atoms with Gasteiger partial charge >= 0.3 is 0 Å². The quantitative estimate of drug-likeness (QED) is 0.525. The molecule has 3 rings (SSSR count). The molecule has 0 amide bonds. The van der Waals surface area contributed by atoms with Crippen LogP contribution >= 0.6 is 11.6 Å². The Morgan fingerprint density at radius 3 is 2.63 bits per heavy atom. The van der Waals surface area contributed by atoms with Gasteiger partial charge in [0.25, 0.3) is 0 Å². The molecule has 140 valence electrons. The lowest BCUT2D eigenvalue weighted by atomic mass is 10.1. The molecule has 0 saturated carbocycles. The number of benzene rings is 2. The number of nitrogens with zero attached hydrogens (tertiary/aromatic N) is 5. The molecule has 1 aromatic heterocycles. The van der Waals surface area contributed by atoms with Gasteiger partial charge in [-0.25, -0.2) is 9.67 Å². The van der Waals surface area contributed by atoms with E-state index in [1.54, 1.807) is 19.7 Å². The molecule has 0 fully saturated rings. The van der Waals surface area contributed by atoms with E-state index in [1.165, 1.54) is 16.7 Å². The smallest absolute Gasteiger partial charge is 0.193 e. The predicted octanol–water partition coefficient (Wildman–Crippen LogP) is 3.19. The summed E-state index contributed by atoms with van der Waals surface area (Å²) in [6.07, 6.45) is 3.27. The largest absolute Gasteiger partial charge is 0.352 e. The number of nitrogens with one attached hydrogen (secondary N) is 1. The fraction of sp³-hybridized carbons (Fsp3) is 0.250. The van der Waals surface area contributed by atoms with Gasteiger partial charge in [-0.2, -0.15) is 5.10 Å². The van der Waals surface area contributed by atoms with E-state index < -0.39 is 0 Å². The molecule has 0 aliphatic rings. The van der Waals surface area contributed by atoms with Crippen LogP contribution in [0.5, 0.6) is 0 Å². The van der Waals surface area contributed by atoms with Crippen molar-refractivity contribution >= 4 is 17.6 Å². The lowest BCUT2D eigenvalue weighted by Gasteiger charge is -2.22. The monoisotopic (exact) mass is 382 g/mol. The van der Waals surface area contributed by atoms with E-state index in [2.05, 4.69) is 49.6 Å². The molecule has 0 spiro atoms. The average Bonchev–Trinajstić information content (AvgIpc) is 3.17. The van der Waals surface area contributed by atoms with E-state index in [4.69, 9.17) is 11.6 Å². The van der Waals surface area contributed by atoms with Gasteiger partial charge in [0.15, 0.2) is 5.96 Å². The van der Waals surface area contributed by atoms with E-state index in [-0.39, 0.29) is 0 Å². The van der Waals surface area contributed by atoms with Crippen molar-refractivity contribution in [2.75, 3.05) is 14.1 Å². The van der Waals surface area contributed by atoms with Crippen molar-refractivity contribution in [3.63, 3.8) is 0 Å². The van der Waals surface area contributed by atoms with Crippen molar-refractivity contribution in [1.82, 2.24) is 25.0 Å². The van der Waals surface area contributed by atoms with E-state index in [9.17, 15) is 0 Å². The van der Waals surface area contributed by atoms with Gasteiger partial charge in [-0.05, 0) is 28.8 Å². The molecule has 0 aliphatic heterocycles. The van der Waals surface area contributed by atoms with Crippen LogP contribution in [0.25, 0.3) is 0 Å². The van der Waals surface area contributed by atoms with Crippen LogP contribution in [0.15, 0.2) is 66.2 Å². The molecule has 3 aromatic rings. The van der Waals surface area contributed by atoms with Crippen molar-refractivity contribution in [3.8, 4) is 0 Å². The molecule has 0 atom stereocenters. The van der Waals surface area contributed by atoms with Crippen LogP contribution in [0.2, 0.25) is 5.02 Å². The van der Waals surface area contributed by atoms with Crippen molar-refractivity contribution < 1.29 is 0 Å². The maximum atomic E-state index is 5.95. The molecule has 1 N–H and O–H groups in total. The Morgan fingerprint density at radius 1 is 1.15 bits per heavy atom. The van der Waals surface area contributed by atoms with Gasteiger partial charge in [0, 0.05) is 32.2 Å². The summed E-state index contributed by atoms with van der Waals surface area (Å²) < 4.78 is 1.81. The van der Waals surface area contributed by atoms with Gasteiger partial charge in [-0.1, -0.05) is 48.0 Å². The average molecular weight is 383 g/mol. The number of hydrogen-bond donors (Lipinski definition) is 1. The zero-order valence-corrected chi connectivity index (χ0v) is 16.3. The second-order valence-corrected chi connectivity index (χ2v) is 6.73. The normalized spacial score (nSPS) is 11.4. The molecule has 27 heavy (non-hydrogen) atoms. The highest BCUT2D eigenvalue weighted by Gasteiger charge is 2.07. The van der Waals surface area contributed by atoms with Gasteiger partial charge in [0.05, 0.1) is 6.54 Å². The number of guanidine groups is 1. The molecular weight excluding hydrogens is 360 g/mol. The van der Waals surface area contributed by atoms with Gasteiger partial charge in [-0.15, -0.1) is 0 Å². The molecule has 6 nitrogen and oxygen atoms in total. The van der Waals surface area contributed by atoms with Crippen LogP contribution in [0.3, 0.4) is 0 Å². The van der Waals surface area contributed by atoms with Crippen molar-refractivity contribution in [3.05, 3.63) is 82.9 Å². The second kappa shape index (κ2) is 9.19. The van der Waals surface area contributed by atoms with Crippen molar-refractivity contribution in [1.29, 1.82) is 0 Å². The summed E-state index contributed by atoms with van der Waals surface area (Å²) in [5.41, 5.74) is 3.55. The fourth-order valence-electron chi connectivity index (χ4n) is 2.84. The Balaban J connectivity index is 1.58. The van der Waals surface area contributed by atoms with E-state index in [1.807, 2.05) is 36.0 Å². The fourth-order valence-corrected chi connectivity index (χ4v) is 2.97. The van der Waals surface area contributed by atoms with Crippen LogP contribution in [-0.2, 0) is 19.6 Å². The van der Waals surface area contributed by atoms with Crippen molar-refractivity contribution in [2.45, 2.75) is 19.6 Å². The van der Waals surface area contributed by atoms with Gasteiger partial charge in [-0.3, -0.25) is 4.99 Å². The minimum Gasteiger partial charge on any atom is -0.352 e. The minimum absolute atomic E-state index is 0.697. The first-order valence-electron chi connectivity index (χ1n) is 8.70. The molecule has 0 aliphatic carbocycles. The molecule has 0 unspecified atom stereocenters. The highest BCUT2D eigenvalue weighted by molar-refractivity contribution is 6.30. The summed E-state index contributed by atoms with van der Waals surface area (Å²) >= 11 is 5.95. The Hall–Kier alpha value is -2.86. The third kappa shape index (κ3) is 5.56. The van der Waals surface area contributed by atoms with Crippen LogP contribution < -0.4 is 5.32 Å². The van der Waals surface area contributed by atoms with E-state index >= 15 is 0 Å². The first kappa shape index (κ1) is 18.9. The highest BCUT2D eigenvalue weighted by atomic mass is 35.5. The molecule has 1 heterocycles. The SMILES string of the molecule is CN=C(NCc1cccc(Cn2cncn2)c1)N(C)Cc1ccc(Cl)cc1. The topological polar surface area (TPSA) is 58.3 Å². The number of aliphatic imine (C=N–C) groups is 1. The number of rotatable bonds is 6. The Bertz CT molecular complexity index is 874. The lowest BCUT2D eigenvalue weighted by Crippen LogP contribution is -2.38. The van der Waals surface area contributed by atoms with Gasteiger partial charge < -0.3 is 10.2 Å². The van der Waals surface area contributed by atoms with E-state index in [0.29, 0.717) is 13.1 Å². The molecule has 0 bridgehead atoms. The summed E-state index contributed by atoms with van der Waals surface area (Å²) in [4.78, 5) is 10.4. The summed E-state index contributed by atoms with van der Waals surface area (Å²) in [5, 5.41) is 8.32. The van der Waals surface area contributed by atoms with Gasteiger partial charge in [0.2, 0.25) is 0 Å². The maximum absolute atomic E-state index is 5.95. The summed E-state index contributed by atoms with van der Waals surface area (Å²) in [6, 6.07) is 16.3. The number of aromatic nitrogens is 3. The minimum atomic E-state index is 0.697. The van der Waals surface area contributed by atoms with Crippen LogP contribution in [0.1, 0.15) is 16.7 Å². The third-order valence-electron chi connectivity index (χ3n) is 4.16. The number of hydrogen-bond acceptors (Lipinski definition) is 3. The second-order valence-electron chi connectivity index (χ2n) is 6.30. The van der Waals surface area contributed by atoms with E-state index in [0.717, 1.165) is 17.5 Å². The van der Waals surface area contributed by atoms with Crippen LogP contribution in [-0.4, -0.2) is 39.7 Å². The predicted molar refractivity (Wildman–Crippen MR) is 109 cm³/mol. The lowest BCUT2D eigenvalue weighted by molar-refractivity contribution is 0.476. The first-order valence-corrected chi connectivity index (χ1v) is 9.08. The summed E-state index contributed by atoms with van der Waals surface area (Å²) in [7, 11) is 3.81. The molecular formula is C20H23ClN6. The summed E-state index contributed by atoms with van der Waals surface area (Å²) in [5.74, 6) is 0.839. The first-order chi connectivity index (χ1) is 13.1. The third-order valence-corrected chi connectivity index (χ3v) is 4.41. The number of halogens is 1. The molecule has 0 radical (unpaired) electrons. The zero-order valence-electron chi connectivity index (χ0n) is 15.5. The van der Waals surface area contributed by atoms with Crippen LogP contribution in [0, 0.1) is 0 Å². The van der Waals surface area contributed by atoms with Crippen molar-refractivity contribution in [2.24, 2.45) is 4.99 Å². The molecule has 2 aromatic carbocycles. The maximum Gasteiger partial charge on any atom is 0.193 e. The zero-order chi connectivity index (χ0) is 19.1. The standard InChI is InChI=1S/C20H23ClN6/c1-22-20(26(2)12-16-6-8-19(21)9-7-16)24-11-17-4-3-5-18(10-17)13-27-15-23-14-25-27/h3-10,14-15H,11-13H2,1-2H3,(H,22,24). The Labute approximate surface area is 164 Å². The van der Waals surface area contributed by atoms with Crippen LogP contribution in [0.4, 0.5) is 0 Å². The highest BCUT2D eigenvalue weighted by Crippen LogP contribution is 2.11. The summed E-state index contributed by atoms with van der Waals surface area (Å²) in [6.45, 7) is 2.16. The Morgan fingerprint density at radius 2 is 1.93 bits per heavy atom. The Kier molecular flexibility index (Phi) is 6.44. The van der Waals surface area contributed by atoms with Gasteiger partial charge in [0.1, 0.15) is 12.7 Å². The molecule has 7 heteroatoms.